The van der Waals surface area contributed by atoms with Crippen LogP contribution < -0.4 is 10.6 Å². The molecule has 1 saturated heterocycles. The minimum absolute atomic E-state index is 0.0510. The molecule has 0 bridgehead atoms. The molecule has 0 aliphatic carbocycles. The highest BCUT2D eigenvalue weighted by molar-refractivity contribution is 5.90. The van der Waals surface area contributed by atoms with Gasteiger partial charge in [-0.2, -0.15) is 0 Å². The zero-order chi connectivity index (χ0) is 11.5. The number of aromatic carboxylic acids is 1. The van der Waals surface area contributed by atoms with Gasteiger partial charge in [-0.25, -0.2) is 4.79 Å². The lowest BCUT2D eigenvalue weighted by molar-refractivity contribution is 0.0693. The second kappa shape index (κ2) is 4.51. The van der Waals surface area contributed by atoms with Crippen LogP contribution in [0.4, 0.5) is 0 Å². The SMILES string of the molecule is O=C(O)c1cc([C@H]2CNCCN2)ccc1O. The molecule has 0 unspecified atom stereocenters. The van der Waals surface area contributed by atoms with Crippen molar-refractivity contribution in [2.45, 2.75) is 6.04 Å². The Kier molecular flexibility index (Phi) is 3.07. The number of carboxylic acid groups (broad SMARTS) is 1. The molecule has 16 heavy (non-hydrogen) atoms. The van der Waals surface area contributed by atoms with Gasteiger partial charge in [0.25, 0.3) is 0 Å². The number of carbonyl (C=O) groups is 1. The van der Waals surface area contributed by atoms with Gasteiger partial charge in [0, 0.05) is 25.7 Å². The molecule has 0 aromatic heterocycles. The fourth-order valence-electron chi connectivity index (χ4n) is 1.83. The molecule has 5 nitrogen and oxygen atoms in total. The molecule has 1 fully saturated rings. The summed E-state index contributed by atoms with van der Waals surface area (Å²) in [7, 11) is 0. The Bertz CT molecular complexity index is 400. The van der Waals surface area contributed by atoms with Crippen molar-refractivity contribution in [1.29, 1.82) is 0 Å². The molecular formula is C11H14N2O3. The second-order valence-electron chi connectivity index (χ2n) is 3.79. The van der Waals surface area contributed by atoms with E-state index in [2.05, 4.69) is 10.6 Å². The van der Waals surface area contributed by atoms with Crippen molar-refractivity contribution >= 4 is 5.97 Å². The van der Waals surface area contributed by atoms with E-state index in [9.17, 15) is 9.90 Å². The van der Waals surface area contributed by atoms with Crippen molar-refractivity contribution < 1.29 is 15.0 Å². The number of carboxylic acids is 1. The number of piperazine rings is 1. The first kappa shape index (κ1) is 10.9. The number of nitrogens with one attached hydrogen (secondary N) is 2. The summed E-state index contributed by atoms with van der Waals surface area (Å²) in [6, 6.07) is 4.79. The third-order valence-electron chi connectivity index (χ3n) is 2.69. The highest BCUT2D eigenvalue weighted by atomic mass is 16.4. The van der Waals surface area contributed by atoms with E-state index >= 15 is 0 Å². The van der Waals surface area contributed by atoms with Gasteiger partial charge in [-0.15, -0.1) is 0 Å². The largest absolute Gasteiger partial charge is 0.507 e. The summed E-state index contributed by atoms with van der Waals surface area (Å²) in [6.07, 6.45) is 0. The highest BCUT2D eigenvalue weighted by Gasteiger charge is 2.17. The van der Waals surface area contributed by atoms with E-state index < -0.39 is 5.97 Å². The van der Waals surface area contributed by atoms with E-state index in [4.69, 9.17) is 5.11 Å². The van der Waals surface area contributed by atoms with Gasteiger partial charge >= 0.3 is 5.97 Å². The minimum atomic E-state index is -1.11. The fourth-order valence-corrected chi connectivity index (χ4v) is 1.83. The molecule has 5 heteroatoms. The van der Waals surface area contributed by atoms with Gasteiger partial charge in [-0.05, 0) is 17.7 Å². The first-order valence-corrected chi connectivity index (χ1v) is 5.19. The predicted molar refractivity (Wildman–Crippen MR) is 58.7 cm³/mol. The number of hydrogen-bond acceptors (Lipinski definition) is 4. The van der Waals surface area contributed by atoms with E-state index in [0.717, 1.165) is 25.2 Å². The van der Waals surface area contributed by atoms with Crippen LogP contribution in [0.25, 0.3) is 0 Å². The zero-order valence-electron chi connectivity index (χ0n) is 8.73. The Morgan fingerprint density at radius 3 is 2.81 bits per heavy atom. The molecule has 1 aromatic carbocycles. The number of rotatable bonds is 2. The molecule has 0 amide bonds. The number of phenols is 1. The number of hydrogen-bond donors (Lipinski definition) is 4. The highest BCUT2D eigenvalue weighted by Crippen LogP contribution is 2.22. The summed E-state index contributed by atoms with van der Waals surface area (Å²) in [4.78, 5) is 10.9. The summed E-state index contributed by atoms with van der Waals surface area (Å²) in [5.41, 5.74) is 0.826. The summed E-state index contributed by atoms with van der Waals surface area (Å²) >= 11 is 0. The monoisotopic (exact) mass is 222 g/mol. The lowest BCUT2D eigenvalue weighted by Crippen LogP contribution is -2.42. The molecule has 1 aliphatic heterocycles. The van der Waals surface area contributed by atoms with Crippen molar-refractivity contribution in [2.75, 3.05) is 19.6 Å². The van der Waals surface area contributed by atoms with E-state index in [-0.39, 0.29) is 17.4 Å². The number of benzene rings is 1. The van der Waals surface area contributed by atoms with Crippen molar-refractivity contribution in [3.63, 3.8) is 0 Å². The Hall–Kier alpha value is -1.59. The van der Waals surface area contributed by atoms with Gasteiger partial charge in [-0.1, -0.05) is 6.07 Å². The number of aromatic hydroxyl groups is 1. The van der Waals surface area contributed by atoms with Crippen LogP contribution in [0.2, 0.25) is 0 Å². The van der Waals surface area contributed by atoms with Crippen molar-refractivity contribution in [3.05, 3.63) is 29.3 Å². The van der Waals surface area contributed by atoms with Gasteiger partial charge in [0.1, 0.15) is 11.3 Å². The molecule has 2 rings (SSSR count). The van der Waals surface area contributed by atoms with Crippen LogP contribution in [0.15, 0.2) is 18.2 Å². The van der Waals surface area contributed by atoms with E-state index in [0.29, 0.717) is 0 Å². The Morgan fingerprint density at radius 2 is 2.19 bits per heavy atom. The van der Waals surface area contributed by atoms with Gasteiger partial charge in [0.05, 0.1) is 0 Å². The summed E-state index contributed by atoms with van der Waals surface area (Å²) in [6.45, 7) is 2.54. The molecule has 1 atom stereocenters. The topological polar surface area (TPSA) is 81.6 Å². The predicted octanol–water partition coefficient (Wildman–Crippen LogP) is 0.324. The van der Waals surface area contributed by atoms with Crippen LogP contribution in [0.5, 0.6) is 5.75 Å². The molecule has 86 valence electrons. The molecule has 1 aliphatic rings. The average Bonchev–Trinajstić information content (AvgIpc) is 2.30. The molecule has 0 spiro atoms. The van der Waals surface area contributed by atoms with Crippen molar-refractivity contribution in [1.82, 2.24) is 10.6 Å². The van der Waals surface area contributed by atoms with Gasteiger partial charge in [0.15, 0.2) is 0 Å². The normalized spacial score (nSPS) is 20.6. The lowest BCUT2D eigenvalue weighted by Gasteiger charge is -2.25. The van der Waals surface area contributed by atoms with Crippen LogP contribution in [0.1, 0.15) is 22.0 Å². The lowest BCUT2D eigenvalue weighted by atomic mass is 10.0. The van der Waals surface area contributed by atoms with Crippen molar-refractivity contribution in [2.24, 2.45) is 0 Å². The fraction of sp³-hybridized carbons (Fsp3) is 0.364. The van der Waals surface area contributed by atoms with Crippen LogP contribution in [0, 0.1) is 0 Å². The van der Waals surface area contributed by atoms with E-state index in [1.807, 2.05) is 0 Å². The van der Waals surface area contributed by atoms with E-state index in [1.54, 1.807) is 6.07 Å². The van der Waals surface area contributed by atoms with E-state index in [1.165, 1.54) is 12.1 Å². The maximum absolute atomic E-state index is 10.9. The molecule has 0 radical (unpaired) electrons. The molecule has 4 N–H and O–H groups in total. The van der Waals surface area contributed by atoms with Crippen molar-refractivity contribution in [3.8, 4) is 5.75 Å². The van der Waals surface area contributed by atoms with Gasteiger partial charge < -0.3 is 20.8 Å². The smallest absolute Gasteiger partial charge is 0.339 e. The first-order chi connectivity index (χ1) is 7.68. The van der Waals surface area contributed by atoms with Crippen LogP contribution >= 0.6 is 0 Å². The molecule has 1 heterocycles. The van der Waals surface area contributed by atoms with Crippen LogP contribution in [-0.4, -0.2) is 35.8 Å². The summed E-state index contributed by atoms with van der Waals surface area (Å²) in [5, 5.41) is 24.8. The first-order valence-electron chi connectivity index (χ1n) is 5.19. The summed E-state index contributed by atoms with van der Waals surface area (Å²) < 4.78 is 0. The van der Waals surface area contributed by atoms with Gasteiger partial charge in [0.2, 0.25) is 0 Å². The maximum atomic E-state index is 10.9. The molecular weight excluding hydrogens is 208 g/mol. The Balaban J connectivity index is 2.27. The Labute approximate surface area is 93.1 Å². The average molecular weight is 222 g/mol. The third-order valence-corrected chi connectivity index (χ3v) is 2.69. The maximum Gasteiger partial charge on any atom is 0.339 e. The molecule has 1 aromatic rings. The van der Waals surface area contributed by atoms with Gasteiger partial charge in [-0.3, -0.25) is 0 Å². The Morgan fingerprint density at radius 1 is 1.38 bits per heavy atom. The standard InChI is InChI=1S/C11H14N2O3/c14-10-2-1-7(5-8(10)11(15)16)9-6-12-3-4-13-9/h1-2,5,9,12-14H,3-4,6H2,(H,15,16)/t9-/m1/s1. The third kappa shape index (κ3) is 2.15. The van der Waals surface area contributed by atoms with Crippen LogP contribution in [0.3, 0.4) is 0 Å². The zero-order valence-corrected chi connectivity index (χ0v) is 8.73. The second-order valence-corrected chi connectivity index (χ2v) is 3.79. The summed E-state index contributed by atoms with van der Waals surface area (Å²) in [5.74, 6) is -1.30. The quantitative estimate of drug-likeness (QED) is 0.579. The molecule has 0 saturated carbocycles. The minimum Gasteiger partial charge on any atom is -0.507 e. The van der Waals surface area contributed by atoms with Crippen LogP contribution in [-0.2, 0) is 0 Å².